The molecule has 0 radical (unpaired) electrons. The van der Waals surface area contributed by atoms with Gasteiger partial charge in [-0.15, -0.1) is 0 Å². The summed E-state index contributed by atoms with van der Waals surface area (Å²) in [7, 11) is 0. The quantitative estimate of drug-likeness (QED) is 0.0262. The molecule has 0 aliphatic heterocycles. The highest BCUT2D eigenvalue weighted by atomic mass is 16.6. The predicted octanol–water partition coefficient (Wildman–Crippen LogP) is 18.1. The highest BCUT2D eigenvalue weighted by Crippen LogP contribution is 2.13. The smallest absolute Gasteiger partial charge is 0.306 e. The van der Waals surface area contributed by atoms with E-state index in [2.05, 4.69) is 142 Å². The van der Waals surface area contributed by atoms with Gasteiger partial charge in [-0.25, -0.2) is 0 Å². The lowest BCUT2D eigenvalue weighted by Crippen LogP contribution is -2.30. The van der Waals surface area contributed by atoms with E-state index in [4.69, 9.17) is 14.2 Å². The van der Waals surface area contributed by atoms with E-state index in [1.807, 2.05) is 0 Å². The van der Waals surface area contributed by atoms with Crippen molar-refractivity contribution in [3.8, 4) is 0 Å². The van der Waals surface area contributed by atoms with Crippen molar-refractivity contribution >= 4 is 17.9 Å². The molecule has 0 heterocycles. The van der Waals surface area contributed by atoms with Gasteiger partial charge in [-0.3, -0.25) is 14.4 Å². The molecular weight excluding hydrogens is 829 g/mol. The Morgan fingerprint density at radius 2 is 0.612 bits per heavy atom. The molecule has 0 spiro atoms. The van der Waals surface area contributed by atoms with Gasteiger partial charge < -0.3 is 14.2 Å². The Bertz CT molecular complexity index is 1440. The van der Waals surface area contributed by atoms with Gasteiger partial charge in [0, 0.05) is 19.3 Å². The zero-order valence-electron chi connectivity index (χ0n) is 43.1. The average Bonchev–Trinajstić information content (AvgIpc) is 3.33. The van der Waals surface area contributed by atoms with Crippen LogP contribution in [0.3, 0.4) is 0 Å². The van der Waals surface area contributed by atoms with Gasteiger partial charge in [0.1, 0.15) is 13.2 Å². The van der Waals surface area contributed by atoms with Gasteiger partial charge in [-0.1, -0.05) is 219 Å². The zero-order valence-corrected chi connectivity index (χ0v) is 43.1. The van der Waals surface area contributed by atoms with Crippen LogP contribution in [0.25, 0.3) is 0 Å². The molecule has 0 aromatic carbocycles. The summed E-state index contributed by atoms with van der Waals surface area (Å²) in [6, 6.07) is 0. The van der Waals surface area contributed by atoms with Crippen molar-refractivity contribution in [3.63, 3.8) is 0 Å². The molecule has 0 bridgehead atoms. The second-order valence-electron chi connectivity index (χ2n) is 17.4. The maximum Gasteiger partial charge on any atom is 0.306 e. The molecular formula is C61H98O6. The van der Waals surface area contributed by atoms with Crippen LogP contribution in [0.15, 0.2) is 122 Å². The van der Waals surface area contributed by atoms with Crippen LogP contribution in [0.2, 0.25) is 0 Å². The van der Waals surface area contributed by atoms with Gasteiger partial charge in [0.15, 0.2) is 6.10 Å². The summed E-state index contributed by atoms with van der Waals surface area (Å²) in [5.74, 6) is -0.949. The van der Waals surface area contributed by atoms with Crippen LogP contribution in [0.1, 0.15) is 226 Å². The van der Waals surface area contributed by atoms with E-state index in [-0.39, 0.29) is 31.1 Å². The number of hydrogen-bond acceptors (Lipinski definition) is 6. The molecule has 0 aliphatic carbocycles. The lowest BCUT2D eigenvalue weighted by molar-refractivity contribution is -0.167. The SMILES string of the molecule is CC/C=C\C/C=C\C/C=C\C/C=C\C/C=C\C/C=C\C/C=C\C/C=C\CCCCCCC(=O)OCC(COC(=O)CCCCCCCCC)OC(=O)CCCCCCC/C=C\C/C=C\CCC. The van der Waals surface area contributed by atoms with Gasteiger partial charge in [0.2, 0.25) is 0 Å². The van der Waals surface area contributed by atoms with Gasteiger partial charge in [-0.2, -0.15) is 0 Å². The summed E-state index contributed by atoms with van der Waals surface area (Å²) in [4.78, 5) is 37.8. The van der Waals surface area contributed by atoms with Gasteiger partial charge in [0.25, 0.3) is 0 Å². The fourth-order valence-corrected chi connectivity index (χ4v) is 6.91. The second-order valence-corrected chi connectivity index (χ2v) is 17.4. The van der Waals surface area contributed by atoms with E-state index < -0.39 is 6.10 Å². The zero-order chi connectivity index (χ0) is 48.6. The number of unbranched alkanes of at least 4 members (excludes halogenated alkanes) is 16. The third-order valence-electron chi connectivity index (χ3n) is 10.9. The topological polar surface area (TPSA) is 78.9 Å². The van der Waals surface area contributed by atoms with Crippen molar-refractivity contribution in [1.29, 1.82) is 0 Å². The molecule has 378 valence electrons. The molecule has 0 aromatic rings. The maximum absolute atomic E-state index is 12.7. The molecule has 0 saturated carbocycles. The van der Waals surface area contributed by atoms with E-state index in [1.54, 1.807) is 0 Å². The summed E-state index contributed by atoms with van der Waals surface area (Å²) >= 11 is 0. The van der Waals surface area contributed by atoms with Gasteiger partial charge >= 0.3 is 17.9 Å². The normalized spacial score (nSPS) is 13.1. The van der Waals surface area contributed by atoms with E-state index in [0.717, 1.165) is 154 Å². The third-order valence-corrected chi connectivity index (χ3v) is 10.9. The number of hydrogen-bond donors (Lipinski definition) is 0. The van der Waals surface area contributed by atoms with Crippen LogP contribution in [-0.2, 0) is 28.6 Å². The summed E-state index contributed by atoms with van der Waals surface area (Å²) in [5.41, 5.74) is 0. The van der Waals surface area contributed by atoms with Gasteiger partial charge in [0.05, 0.1) is 0 Å². The monoisotopic (exact) mass is 927 g/mol. The number of esters is 3. The largest absolute Gasteiger partial charge is 0.462 e. The molecule has 0 N–H and O–H groups in total. The first kappa shape index (κ1) is 62.8. The Morgan fingerprint density at radius 1 is 0.313 bits per heavy atom. The van der Waals surface area contributed by atoms with Crippen LogP contribution in [0, 0.1) is 0 Å². The second kappa shape index (κ2) is 54.4. The summed E-state index contributed by atoms with van der Waals surface area (Å²) in [5, 5.41) is 0. The summed E-state index contributed by atoms with van der Waals surface area (Å²) in [6.45, 7) is 6.36. The Morgan fingerprint density at radius 3 is 0.970 bits per heavy atom. The van der Waals surface area contributed by atoms with Crippen molar-refractivity contribution < 1.29 is 28.6 Å². The number of carbonyl (C=O) groups is 3. The van der Waals surface area contributed by atoms with Gasteiger partial charge in [-0.05, 0) is 109 Å². The number of carbonyl (C=O) groups excluding carboxylic acids is 3. The summed E-state index contributed by atoms with van der Waals surface area (Å²) < 4.78 is 16.7. The minimum atomic E-state index is -0.795. The van der Waals surface area contributed by atoms with Crippen molar-refractivity contribution in [1.82, 2.24) is 0 Å². The van der Waals surface area contributed by atoms with Crippen molar-refractivity contribution in [2.75, 3.05) is 13.2 Å². The average molecular weight is 927 g/mol. The molecule has 1 unspecified atom stereocenters. The molecule has 1 atom stereocenters. The molecule has 6 heteroatoms. The lowest BCUT2D eigenvalue weighted by Gasteiger charge is -2.18. The van der Waals surface area contributed by atoms with E-state index in [0.29, 0.717) is 19.3 Å². The van der Waals surface area contributed by atoms with Crippen LogP contribution < -0.4 is 0 Å². The minimum absolute atomic E-state index is 0.0942. The molecule has 0 fully saturated rings. The molecule has 67 heavy (non-hydrogen) atoms. The Hall–Kier alpha value is -4.19. The van der Waals surface area contributed by atoms with Crippen LogP contribution in [0.5, 0.6) is 0 Å². The van der Waals surface area contributed by atoms with Crippen LogP contribution in [-0.4, -0.2) is 37.2 Å². The Labute approximate surface area is 412 Å². The molecule has 0 amide bonds. The molecule has 6 nitrogen and oxygen atoms in total. The first-order chi connectivity index (χ1) is 33.0. The standard InChI is InChI=1S/C61H98O6/c1-4-7-10-13-16-18-20-22-23-24-25-26-27-28-29-30-31-32-33-34-35-36-37-39-40-42-45-48-51-54-60(63)66-57-58(56-65-59(62)53-50-47-44-15-12-9-6-3)67-61(64)55-52-49-46-43-41-38-21-19-17-14-11-8-5-2/h7,10-11,14,16,18-19,21-23,25-26,28-29,31-32,34-35,37,39,58H,4-6,8-9,12-13,15,17,20,24,27,30,33,36,38,40-57H2,1-3H3/b10-7-,14-11-,18-16-,21-19-,23-22-,26-25-,29-28-,32-31-,35-34-,39-37-. The number of allylic oxidation sites excluding steroid dienone is 20. The number of rotatable bonds is 47. The van der Waals surface area contributed by atoms with Crippen molar-refractivity contribution in [3.05, 3.63) is 122 Å². The highest BCUT2D eigenvalue weighted by molar-refractivity contribution is 5.71. The fourth-order valence-electron chi connectivity index (χ4n) is 6.91. The lowest BCUT2D eigenvalue weighted by atomic mass is 10.1. The van der Waals surface area contributed by atoms with Crippen LogP contribution in [0.4, 0.5) is 0 Å². The maximum atomic E-state index is 12.7. The Kier molecular flexibility index (Phi) is 51.0. The molecule has 0 saturated heterocycles. The van der Waals surface area contributed by atoms with E-state index in [9.17, 15) is 14.4 Å². The minimum Gasteiger partial charge on any atom is -0.462 e. The van der Waals surface area contributed by atoms with Crippen molar-refractivity contribution in [2.24, 2.45) is 0 Å². The molecule has 0 aromatic heterocycles. The fraction of sp³-hybridized carbons (Fsp3) is 0.623. The molecule has 0 aliphatic rings. The number of ether oxygens (including phenoxy) is 3. The van der Waals surface area contributed by atoms with E-state index >= 15 is 0 Å². The summed E-state index contributed by atoms with van der Waals surface area (Å²) in [6.07, 6.45) is 74.9. The third kappa shape index (κ3) is 52.6. The predicted molar refractivity (Wildman–Crippen MR) is 288 cm³/mol. The molecule has 0 rings (SSSR count). The van der Waals surface area contributed by atoms with Crippen LogP contribution >= 0.6 is 0 Å². The van der Waals surface area contributed by atoms with Crippen molar-refractivity contribution in [2.45, 2.75) is 232 Å². The highest BCUT2D eigenvalue weighted by Gasteiger charge is 2.19. The first-order valence-corrected chi connectivity index (χ1v) is 27.0. The Balaban J connectivity index is 4.26. The first-order valence-electron chi connectivity index (χ1n) is 27.0. The van der Waals surface area contributed by atoms with E-state index in [1.165, 1.54) is 32.1 Å².